The number of hydrogen-bond donors (Lipinski definition) is 1. The van der Waals surface area contributed by atoms with Crippen LogP contribution in [-0.4, -0.2) is 37.5 Å². The zero-order valence-corrected chi connectivity index (χ0v) is 13.2. The predicted octanol–water partition coefficient (Wildman–Crippen LogP) is 2.21. The molecule has 0 aromatic heterocycles. The maximum atomic E-state index is 12.3. The molecule has 1 N–H and O–H groups in total. The lowest BCUT2D eigenvalue weighted by atomic mass is 10.4. The third kappa shape index (κ3) is 3.51. The van der Waals surface area contributed by atoms with Crippen molar-refractivity contribution in [2.45, 2.75) is 11.8 Å². The zero-order valence-electron chi connectivity index (χ0n) is 9.23. The summed E-state index contributed by atoms with van der Waals surface area (Å²) in [5.74, 6) is 0. The monoisotopic (exact) mass is 385 g/mol. The number of nitrogens with zero attached hydrogens (tertiary/aromatic N) is 1. The van der Waals surface area contributed by atoms with Gasteiger partial charge in [0.25, 0.3) is 0 Å². The molecule has 0 aliphatic carbocycles. The van der Waals surface area contributed by atoms with Gasteiger partial charge in [-0.05, 0) is 34.1 Å². The Bertz CT molecular complexity index is 490. The molecule has 0 atom stereocenters. The van der Waals surface area contributed by atoms with Crippen LogP contribution in [-0.2, 0) is 10.0 Å². The zero-order chi connectivity index (χ0) is 13.1. The quantitative estimate of drug-likeness (QED) is 0.843. The van der Waals surface area contributed by atoms with E-state index in [2.05, 4.69) is 31.9 Å². The molecule has 0 amide bonds. The van der Waals surface area contributed by atoms with Crippen LogP contribution in [0.5, 0.6) is 0 Å². The van der Waals surface area contributed by atoms with E-state index < -0.39 is 10.0 Å². The maximum absolute atomic E-state index is 12.3. The summed E-state index contributed by atoms with van der Waals surface area (Å²) in [5.41, 5.74) is 0. The first kappa shape index (κ1) is 15.1. The van der Waals surface area contributed by atoms with Gasteiger partial charge in [0.1, 0.15) is 0 Å². The number of aliphatic hydroxyl groups is 1. The lowest BCUT2D eigenvalue weighted by Crippen LogP contribution is -2.33. The normalized spacial score (nSPS) is 12.1. The summed E-state index contributed by atoms with van der Waals surface area (Å²) in [6, 6.07) is 4.88. The van der Waals surface area contributed by atoms with Crippen molar-refractivity contribution in [1.29, 1.82) is 0 Å². The third-order valence-corrected chi connectivity index (χ3v) is 5.66. The molecule has 0 heterocycles. The van der Waals surface area contributed by atoms with E-state index in [-0.39, 0.29) is 18.0 Å². The molecule has 0 radical (unpaired) electrons. The van der Waals surface area contributed by atoms with Gasteiger partial charge in [-0.2, -0.15) is 4.31 Å². The Balaban J connectivity index is 3.20. The molecule has 7 heteroatoms. The van der Waals surface area contributed by atoms with Crippen LogP contribution in [0.25, 0.3) is 0 Å². The summed E-state index contributed by atoms with van der Waals surface area (Å²) in [4.78, 5) is 0.205. The van der Waals surface area contributed by atoms with Gasteiger partial charge >= 0.3 is 0 Å². The number of likely N-dealkylation sites (N-methyl/N-ethyl adjacent to an activating group) is 1. The van der Waals surface area contributed by atoms with Gasteiger partial charge in [0, 0.05) is 22.0 Å². The van der Waals surface area contributed by atoms with Crippen LogP contribution in [0.2, 0.25) is 0 Å². The van der Waals surface area contributed by atoms with Crippen molar-refractivity contribution in [1.82, 2.24) is 4.31 Å². The number of sulfonamides is 1. The smallest absolute Gasteiger partial charge is 0.244 e. The highest BCUT2D eigenvalue weighted by atomic mass is 79.9. The fourth-order valence-corrected chi connectivity index (χ4v) is 4.53. The summed E-state index contributed by atoms with van der Waals surface area (Å²) in [7, 11) is -3.56. The first-order chi connectivity index (χ1) is 7.93. The summed E-state index contributed by atoms with van der Waals surface area (Å²) in [6.45, 7) is 1.97. The molecular formula is C10H13Br2NO3S. The average molecular weight is 387 g/mol. The van der Waals surface area contributed by atoms with Crippen LogP contribution in [0.3, 0.4) is 0 Å². The van der Waals surface area contributed by atoms with Gasteiger partial charge in [0.2, 0.25) is 10.0 Å². The van der Waals surface area contributed by atoms with Gasteiger partial charge in [-0.15, -0.1) is 0 Å². The molecule has 0 bridgehead atoms. The van der Waals surface area contributed by atoms with Crippen LogP contribution < -0.4 is 0 Å². The molecule has 0 spiro atoms. The second kappa shape index (κ2) is 6.29. The largest absolute Gasteiger partial charge is 0.395 e. The molecule has 1 aromatic carbocycles. The third-order valence-electron chi connectivity index (χ3n) is 2.21. The number of hydrogen-bond acceptors (Lipinski definition) is 3. The van der Waals surface area contributed by atoms with Gasteiger partial charge in [0.05, 0.1) is 11.5 Å². The van der Waals surface area contributed by atoms with Crippen molar-refractivity contribution in [3.05, 3.63) is 27.1 Å². The summed E-state index contributed by atoms with van der Waals surface area (Å²) < 4.78 is 27.0. The Morgan fingerprint density at radius 1 is 1.35 bits per heavy atom. The fourth-order valence-electron chi connectivity index (χ4n) is 1.38. The van der Waals surface area contributed by atoms with E-state index in [1.807, 2.05) is 0 Å². The van der Waals surface area contributed by atoms with E-state index in [4.69, 9.17) is 5.11 Å². The highest BCUT2D eigenvalue weighted by Crippen LogP contribution is 2.27. The molecule has 0 aliphatic heterocycles. The first-order valence-corrected chi connectivity index (χ1v) is 8.02. The van der Waals surface area contributed by atoms with Gasteiger partial charge in [-0.25, -0.2) is 8.42 Å². The fraction of sp³-hybridized carbons (Fsp3) is 0.400. The molecule has 0 saturated carbocycles. The van der Waals surface area contributed by atoms with Crippen molar-refractivity contribution in [3.63, 3.8) is 0 Å². The summed E-state index contributed by atoms with van der Waals surface area (Å²) in [6.07, 6.45) is 0. The van der Waals surface area contributed by atoms with E-state index in [9.17, 15) is 8.42 Å². The van der Waals surface area contributed by atoms with Crippen LogP contribution in [0.1, 0.15) is 6.92 Å². The molecule has 96 valence electrons. The molecule has 0 unspecified atom stereocenters. The molecular weight excluding hydrogens is 374 g/mol. The number of halogens is 2. The van der Waals surface area contributed by atoms with E-state index in [1.165, 1.54) is 10.4 Å². The Labute approximate surface area is 118 Å². The standard InChI is InChI=1S/C10H13Br2NO3S/c1-2-13(5-6-14)17(15,16)10-4-3-8(11)7-9(10)12/h3-4,7,14H,2,5-6H2,1H3. The molecule has 0 aliphatic rings. The molecule has 0 saturated heterocycles. The lowest BCUT2D eigenvalue weighted by Gasteiger charge is -2.20. The van der Waals surface area contributed by atoms with Crippen molar-refractivity contribution < 1.29 is 13.5 Å². The van der Waals surface area contributed by atoms with Crippen molar-refractivity contribution in [2.75, 3.05) is 19.7 Å². The minimum atomic E-state index is -3.56. The van der Waals surface area contributed by atoms with Crippen molar-refractivity contribution in [2.24, 2.45) is 0 Å². The lowest BCUT2D eigenvalue weighted by molar-refractivity contribution is 0.257. The van der Waals surface area contributed by atoms with Crippen LogP contribution in [0.15, 0.2) is 32.0 Å². The van der Waals surface area contributed by atoms with E-state index in [1.54, 1.807) is 19.1 Å². The summed E-state index contributed by atoms with van der Waals surface area (Å²) in [5, 5.41) is 8.87. The second-order valence-corrected chi connectivity index (χ2v) is 6.97. The van der Waals surface area contributed by atoms with Crippen LogP contribution in [0, 0.1) is 0 Å². The number of rotatable bonds is 5. The van der Waals surface area contributed by atoms with E-state index in [0.29, 0.717) is 11.0 Å². The molecule has 4 nitrogen and oxygen atoms in total. The number of benzene rings is 1. The van der Waals surface area contributed by atoms with E-state index >= 15 is 0 Å². The molecule has 17 heavy (non-hydrogen) atoms. The first-order valence-electron chi connectivity index (χ1n) is 4.99. The minimum Gasteiger partial charge on any atom is -0.395 e. The Morgan fingerprint density at radius 2 is 2.00 bits per heavy atom. The van der Waals surface area contributed by atoms with Gasteiger partial charge in [0.15, 0.2) is 0 Å². The van der Waals surface area contributed by atoms with Gasteiger partial charge in [-0.3, -0.25) is 0 Å². The number of aliphatic hydroxyl groups excluding tert-OH is 1. The minimum absolute atomic E-state index is 0.0985. The molecule has 0 fully saturated rings. The van der Waals surface area contributed by atoms with Gasteiger partial charge in [-0.1, -0.05) is 22.9 Å². The Kier molecular flexibility index (Phi) is 5.59. The van der Waals surface area contributed by atoms with E-state index in [0.717, 1.165) is 4.47 Å². The van der Waals surface area contributed by atoms with Crippen molar-refractivity contribution in [3.8, 4) is 0 Å². The predicted molar refractivity (Wildman–Crippen MR) is 73.4 cm³/mol. The van der Waals surface area contributed by atoms with Gasteiger partial charge < -0.3 is 5.11 Å². The average Bonchev–Trinajstić information content (AvgIpc) is 2.24. The Morgan fingerprint density at radius 3 is 2.47 bits per heavy atom. The highest BCUT2D eigenvalue weighted by Gasteiger charge is 2.24. The second-order valence-electron chi connectivity index (χ2n) is 3.30. The maximum Gasteiger partial charge on any atom is 0.244 e. The highest BCUT2D eigenvalue weighted by molar-refractivity contribution is 9.11. The Hall–Kier alpha value is 0.0500. The SMILES string of the molecule is CCN(CCO)S(=O)(=O)c1ccc(Br)cc1Br. The van der Waals surface area contributed by atoms with Crippen LogP contribution in [0.4, 0.5) is 0 Å². The summed E-state index contributed by atoms with van der Waals surface area (Å²) >= 11 is 6.50. The van der Waals surface area contributed by atoms with Crippen molar-refractivity contribution >= 4 is 41.9 Å². The molecule has 1 rings (SSSR count). The van der Waals surface area contributed by atoms with Crippen LogP contribution >= 0.6 is 31.9 Å². The topological polar surface area (TPSA) is 57.6 Å². The molecule has 1 aromatic rings.